The summed E-state index contributed by atoms with van der Waals surface area (Å²) in [6.07, 6.45) is 0.284. The van der Waals surface area contributed by atoms with E-state index in [4.69, 9.17) is 9.15 Å². The number of ether oxygens (including phenoxy) is 1. The Bertz CT molecular complexity index is 1020. The molecule has 2 aromatic carbocycles. The van der Waals surface area contributed by atoms with E-state index < -0.39 is 0 Å². The standard InChI is InChI=1S/C22H23BrN2O3/c1-13-11-25(12-14(2)27-13)19-7-5-4-6-18(19)24-22(26)21-15(3)17-10-16(23)8-9-20(17)28-21/h4-10,13-14H,11-12H2,1-3H3,(H,24,26). The molecule has 1 aliphatic rings. The Morgan fingerprint density at radius 1 is 1.14 bits per heavy atom. The number of carbonyl (C=O) groups is 1. The van der Waals surface area contributed by atoms with E-state index >= 15 is 0 Å². The van der Waals surface area contributed by atoms with Gasteiger partial charge in [-0.05, 0) is 51.1 Å². The predicted octanol–water partition coefficient (Wildman–Crippen LogP) is 5.37. The van der Waals surface area contributed by atoms with Gasteiger partial charge in [0.05, 0.1) is 23.6 Å². The number of nitrogens with zero attached hydrogens (tertiary/aromatic N) is 1. The lowest BCUT2D eigenvalue weighted by molar-refractivity contribution is -0.00517. The highest BCUT2D eigenvalue weighted by molar-refractivity contribution is 9.10. The number of para-hydroxylation sites is 2. The van der Waals surface area contributed by atoms with Crippen molar-refractivity contribution in [2.45, 2.75) is 33.0 Å². The quantitative estimate of drug-likeness (QED) is 0.592. The van der Waals surface area contributed by atoms with Crippen molar-refractivity contribution in [3.05, 3.63) is 58.3 Å². The number of amides is 1. The third kappa shape index (κ3) is 3.66. The van der Waals surface area contributed by atoms with Crippen LogP contribution in [-0.2, 0) is 4.74 Å². The van der Waals surface area contributed by atoms with E-state index in [-0.39, 0.29) is 18.1 Å². The first kappa shape index (κ1) is 19.0. The van der Waals surface area contributed by atoms with Gasteiger partial charge in [-0.25, -0.2) is 0 Å². The average molecular weight is 443 g/mol. The number of anilines is 2. The molecule has 0 bridgehead atoms. The van der Waals surface area contributed by atoms with Gasteiger partial charge in [0.15, 0.2) is 5.76 Å². The molecule has 3 aromatic rings. The molecule has 2 heterocycles. The van der Waals surface area contributed by atoms with Gasteiger partial charge in [0.1, 0.15) is 5.58 Å². The Hall–Kier alpha value is -2.31. The molecule has 0 saturated carbocycles. The van der Waals surface area contributed by atoms with Crippen LogP contribution >= 0.6 is 15.9 Å². The minimum Gasteiger partial charge on any atom is -0.451 e. The number of aryl methyl sites for hydroxylation is 1. The summed E-state index contributed by atoms with van der Waals surface area (Å²) in [5.41, 5.74) is 3.30. The minimum atomic E-state index is -0.244. The van der Waals surface area contributed by atoms with Gasteiger partial charge in [0.2, 0.25) is 0 Å². The SMILES string of the molecule is Cc1c(C(=O)Nc2ccccc2N2CC(C)OC(C)C2)oc2ccc(Br)cc12. The zero-order valence-electron chi connectivity index (χ0n) is 16.2. The van der Waals surface area contributed by atoms with Crippen LogP contribution in [0, 0.1) is 6.92 Å². The molecule has 4 rings (SSSR count). The van der Waals surface area contributed by atoms with Gasteiger partial charge in [-0.2, -0.15) is 0 Å². The van der Waals surface area contributed by atoms with Gasteiger partial charge >= 0.3 is 0 Å². The number of fused-ring (bicyclic) bond motifs is 1. The molecule has 2 unspecified atom stereocenters. The zero-order valence-corrected chi connectivity index (χ0v) is 17.7. The van der Waals surface area contributed by atoms with E-state index in [1.54, 1.807) is 0 Å². The lowest BCUT2D eigenvalue weighted by Gasteiger charge is -2.37. The van der Waals surface area contributed by atoms with E-state index in [9.17, 15) is 4.79 Å². The summed E-state index contributed by atoms with van der Waals surface area (Å²) in [6, 6.07) is 13.6. The van der Waals surface area contributed by atoms with Crippen molar-refractivity contribution in [3.8, 4) is 0 Å². The number of rotatable bonds is 3. The first-order valence-corrected chi connectivity index (χ1v) is 10.2. The largest absolute Gasteiger partial charge is 0.451 e. The topological polar surface area (TPSA) is 54.7 Å². The number of carbonyl (C=O) groups excluding carboxylic acids is 1. The van der Waals surface area contributed by atoms with Crippen molar-refractivity contribution < 1.29 is 13.9 Å². The van der Waals surface area contributed by atoms with Crippen molar-refractivity contribution in [1.82, 2.24) is 0 Å². The van der Waals surface area contributed by atoms with E-state index in [1.807, 2.05) is 49.4 Å². The van der Waals surface area contributed by atoms with Crippen LogP contribution in [0.5, 0.6) is 0 Å². The van der Waals surface area contributed by atoms with Crippen molar-refractivity contribution in [1.29, 1.82) is 0 Å². The lowest BCUT2D eigenvalue weighted by atomic mass is 10.1. The van der Waals surface area contributed by atoms with E-state index in [0.29, 0.717) is 11.3 Å². The van der Waals surface area contributed by atoms with Crippen LogP contribution in [0.25, 0.3) is 11.0 Å². The van der Waals surface area contributed by atoms with Gasteiger partial charge in [-0.1, -0.05) is 28.1 Å². The van der Waals surface area contributed by atoms with Crippen LogP contribution in [-0.4, -0.2) is 31.2 Å². The summed E-state index contributed by atoms with van der Waals surface area (Å²) in [4.78, 5) is 15.3. The normalized spacial score (nSPS) is 19.8. The molecule has 0 radical (unpaired) electrons. The van der Waals surface area contributed by atoms with Crippen LogP contribution < -0.4 is 10.2 Å². The molecule has 28 heavy (non-hydrogen) atoms. The molecule has 0 spiro atoms. The Morgan fingerprint density at radius 3 is 2.61 bits per heavy atom. The van der Waals surface area contributed by atoms with Crippen LogP contribution in [0.15, 0.2) is 51.4 Å². The smallest absolute Gasteiger partial charge is 0.291 e. The van der Waals surface area contributed by atoms with Crippen molar-refractivity contribution in [2.75, 3.05) is 23.3 Å². The maximum absolute atomic E-state index is 13.0. The molecular formula is C22H23BrN2O3. The van der Waals surface area contributed by atoms with Crippen LogP contribution in [0.2, 0.25) is 0 Å². The van der Waals surface area contributed by atoms with Crippen molar-refractivity contribution in [3.63, 3.8) is 0 Å². The Labute approximate surface area is 172 Å². The second-order valence-electron chi connectivity index (χ2n) is 7.33. The summed E-state index contributed by atoms with van der Waals surface area (Å²) in [6.45, 7) is 7.62. The first-order chi connectivity index (χ1) is 13.4. The third-order valence-electron chi connectivity index (χ3n) is 5.02. The molecular weight excluding hydrogens is 420 g/mol. The Morgan fingerprint density at radius 2 is 1.86 bits per heavy atom. The molecule has 1 saturated heterocycles. The molecule has 0 aliphatic carbocycles. The fraction of sp³-hybridized carbons (Fsp3) is 0.318. The number of hydrogen-bond donors (Lipinski definition) is 1. The maximum Gasteiger partial charge on any atom is 0.291 e. The van der Waals surface area contributed by atoms with Crippen LogP contribution in [0.4, 0.5) is 11.4 Å². The van der Waals surface area contributed by atoms with Gasteiger partial charge in [-0.15, -0.1) is 0 Å². The summed E-state index contributed by atoms with van der Waals surface area (Å²) in [5, 5.41) is 3.98. The summed E-state index contributed by atoms with van der Waals surface area (Å²) < 4.78 is 12.6. The monoisotopic (exact) mass is 442 g/mol. The molecule has 1 aliphatic heterocycles. The second kappa shape index (κ2) is 7.60. The van der Waals surface area contributed by atoms with Gasteiger partial charge in [0.25, 0.3) is 5.91 Å². The van der Waals surface area contributed by atoms with Gasteiger partial charge in [-0.3, -0.25) is 4.79 Å². The van der Waals surface area contributed by atoms with Crippen LogP contribution in [0.1, 0.15) is 30.0 Å². The molecule has 1 amide bonds. The number of halogens is 1. The number of nitrogens with one attached hydrogen (secondary N) is 1. The number of furan rings is 1. The highest BCUT2D eigenvalue weighted by atomic mass is 79.9. The molecule has 2 atom stereocenters. The van der Waals surface area contributed by atoms with Crippen LogP contribution in [0.3, 0.4) is 0 Å². The Kier molecular flexibility index (Phi) is 5.17. The first-order valence-electron chi connectivity index (χ1n) is 9.42. The predicted molar refractivity (Wildman–Crippen MR) is 115 cm³/mol. The summed E-state index contributed by atoms with van der Waals surface area (Å²) in [5.74, 6) is 0.0956. The lowest BCUT2D eigenvalue weighted by Crippen LogP contribution is -2.45. The van der Waals surface area contributed by atoms with Crippen molar-refractivity contribution in [2.24, 2.45) is 0 Å². The molecule has 146 valence electrons. The van der Waals surface area contributed by atoms with Gasteiger partial charge in [0, 0.05) is 28.5 Å². The highest BCUT2D eigenvalue weighted by Crippen LogP contribution is 2.31. The maximum atomic E-state index is 13.0. The Balaban J connectivity index is 1.63. The summed E-state index contributed by atoms with van der Waals surface area (Å²) in [7, 11) is 0. The summed E-state index contributed by atoms with van der Waals surface area (Å²) >= 11 is 3.47. The fourth-order valence-corrected chi connectivity index (χ4v) is 4.18. The van der Waals surface area contributed by atoms with E-state index in [0.717, 1.165) is 39.9 Å². The molecule has 1 aromatic heterocycles. The molecule has 5 nitrogen and oxygen atoms in total. The molecule has 1 fully saturated rings. The molecule has 6 heteroatoms. The number of morpholine rings is 1. The number of benzene rings is 2. The van der Waals surface area contributed by atoms with Gasteiger partial charge < -0.3 is 19.4 Å². The second-order valence-corrected chi connectivity index (χ2v) is 8.25. The minimum absolute atomic E-state index is 0.142. The van der Waals surface area contributed by atoms with E-state index in [2.05, 4.69) is 40.0 Å². The number of hydrogen-bond acceptors (Lipinski definition) is 4. The average Bonchev–Trinajstić information content (AvgIpc) is 2.98. The van der Waals surface area contributed by atoms with E-state index in [1.165, 1.54) is 0 Å². The highest BCUT2D eigenvalue weighted by Gasteiger charge is 2.25. The van der Waals surface area contributed by atoms with Crippen molar-refractivity contribution >= 4 is 44.2 Å². The molecule has 1 N–H and O–H groups in total. The third-order valence-corrected chi connectivity index (χ3v) is 5.51. The fourth-order valence-electron chi connectivity index (χ4n) is 3.82. The zero-order chi connectivity index (χ0) is 19.8.